The van der Waals surface area contributed by atoms with Crippen LogP contribution in [0.2, 0.25) is 0 Å². The molecule has 47 nitrogen and oxygen atoms in total. The number of aromatic hydroxyl groups is 1. The third kappa shape index (κ3) is 33.7. The second kappa shape index (κ2) is 52.4. The zero-order valence-electron chi connectivity index (χ0n) is 72.6. The molecule has 0 aliphatic carbocycles. The molecule has 0 bridgehead atoms. The van der Waals surface area contributed by atoms with Gasteiger partial charge in [-0.25, -0.2) is 5.43 Å². The van der Waals surface area contributed by atoms with Gasteiger partial charge in [0.1, 0.15) is 96.6 Å². The topological polar surface area (TPSA) is 748 Å². The van der Waals surface area contributed by atoms with Crippen molar-refractivity contribution < 1.29 is 121 Å². The minimum absolute atomic E-state index is 0. The second-order valence-electron chi connectivity index (χ2n) is 32.6. The predicted molar refractivity (Wildman–Crippen MR) is 457 cm³/mol. The molecule has 0 spiro atoms. The Balaban J connectivity index is 0.0000348. The van der Waals surface area contributed by atoms with E-state index in [-0.39, 0.29) is 96.4 Å². The zero-order valence-corrected chi connectivity index (χ0v) is 72.6. The minimum atomic E-state index is -1.91. The number of nitrogens with one attached hydrogen (secondary N) is 14. The molecule has 129 heavy (non-hydrogen) atoms. The van der Waals surface area contributed by atoms with Crippen LogP contribution in [0.3, 0.4) is 0 Å². The van der Waals surface area contributed by atoms with Crippen LogP contribution in [0.4, 0.5) is 0 Å². The highest BCUT2D eigenvalue weighted by Gasteiger charge is 2.47. The van der Waals surface area contributed by atoms with Gasteiger partial charge in [-0.2, -0.15) is 0 Å². The van der Waals surface area contributed by atoms with Crippen molar-refractivity contribution in [3.05, 3.63) is 65.7 Å². The molecule has 5 rings (SSSR count). The van der Waals surface area contributed by atoms with Gasteiger partial charge in [-0.3, -0.25) is 102 Å². The fourth-order valence-corrected chi connectivity index (χ4v) is 14.5. The van der Waals surface area contributed by atoms with E-state index in [4.69, 9.17) is 28.8 Å². The van der Waals surface area contributed by atoms with Crippen LogP contribution in [0.1, 0.15) is 151 Å². The maximum atomic E-state index is 14.8. The summed E-state index contributed by atoms with van der Waals surface area (Å²) in [5.41, 5.74) is 24.8. The summed E-state index contributed by atoms with van der Waals surface area (Å²) in [6.07, 6.45) is -5.20. The lowest BCUT2D eigenvalue weighted by Gasteiger charge is -2.34. The molecule has 18 atom stereocenters. The van der Waals surface area contributed by atoms with Gasteiger partial charge in [-0.05, 0) is 106 Å². The van der Waals surface area contributed by atoms with Gasteiger partial charge in [0.05, 0.1) is 63.6 Å². The summed E-state index contributed by atoms with van der Waals surface area (Å²) in [5, 5.41) is 72.3. The first-order chi connectivity index (χ1) is 60.3. The number of likely N-dealkylation sites (tertiary alicyclic amines) is 3. The normalized spacial score (nSPS) is 18.2. The predicted octanol–water partition coefficient (Wildman–Crippen LogP) is -9.61. The first kappa shape index (κ1) is 108. The van der Waals surface area contributed by atoms with E-state index in [0.29, 0.717) is 24.0 Å². The zero-order chi connectivity index (χ0) is 95.7. The molecule has 714 valence electrons. The van der Waals surface area contributed by atoms with Crippen LogP contribution in [-0.2, 0) is 114 Å². The van der Waals surface area contributed by atoms with Gasteiger partial charge >= 0.3 is 0 Å². The number of rotatable bonds is 51. The fourth-order valence-electron chi connectivity index (χ4n) is 14.5. The Hall–Kier alpha value is -12.9. The number of benzene rings is 2. The Morgan fingerprint density at radius 1 is 0.434 bits per heavy atom. The van der Waals surface area contributed by atoms with E-state index in [0.717, 1.165) is 18.7 Å². The number of phenolic OH excluding ortho intramolecular Hbond substituents is 1. The molecule has 0 saturated carbocycles. The molecular formula is C82H126N22O25. The number of phenols is 1. The average Bonchev–Trinajstić information content (AvgIpc) is 1.58. The van der Waals surface area contributed by atoms with Crippen LogP contribution in [0.25, 0.3) is 0 Å². The van der Waals surface area contributed by atoms with Crippen molar-refractivity contribution in [1.82, 2.24) is 89.2 Å². The van der Waals surface area contributed by atoms with Crippen molar-refractivity contribution in [3.63, 3.8) is 0 Å². The van der Waals surface area contributed by atoms with Crippen molar-refractivity contribution >= 4 is 124 Å². The molecule has 3 heterocycles. The van der Waals surface area contributed by atoms with E-state index in [1.807, 2.05) is 0 Å². The van der Waals surface area contributed by atoms with E-state index < -0.39 is 278 Å². The third-order valence-electron chi connectivity index (χ3n) is 21.5. The Morgan fingerprint density at radius 2 is 0.853 bits per heavy atom. The van der Waals surface area contributed by atoms with Gasteiger partial charge in [0.15, 0.2) is 0 Å². The number of carbonyl (C=O) groups excluding carboxylic acids is 21. The van der Waals surface area contributed by atoms with Crippen LogP contribution in [0.5, 0.6) is 5.75 Å². The molecule has 20 amide bonds. The molecule has 2 aromatic rings. The maximum absolute atomic E-state index is 14.8. The Kier molecular flexibility index (Phi) is 44.1. The van der Waals surface area contributed by atoms with E-state index in [1.165, 1.54) is 47.9 Å². The number of carbonyl (C=O) groups is 21. The van der Waals surface area contributed by atoms with Crippen LogP contribution in [0, 0.1) is 17.8 Å². The Bertz CT molecular complexity index is 4310. The van der Waals surface area contributed by atoms with E-state index in [2.05, 4.69) is 74.5 Å². The number of hydrazine groups is 1. The highest BCUT2D eigenvalue weighted by Crippen LogP contribution is 2.28. The Labute approximate surface area is 744 Å². The first-order valence-corrected chi connectivity index (χ1v) is 42.0. The van der Waals surface area contributed by atoms with Crippen molar-refractivity contribution in [2.24, 2.45) is 46.5 Å². The van der Waals surface area contributed by atoms with Crippen LogP contribution >= 0.6 is 0 Å². The van der Waals surface area contributed by atoms with E-state index in [9.17, 15) is 121 Å². The number of primary amides is 4. The number of aliphatic hydroxyl groups is 3. The molecule has 2 aromatic carbocycles. The highest BCUT2D eigenvalue weighted by molar-refractivity contribution is 6.03. The summed E-state index contributed by atoms with van der Waals surface area (Å²) >= 11 is 0. The number of nitrogens with zero attached hydrogens (tertiary/aromatic N) is 3. The lowest BCUT2D eigenvalue weighted by Crippen LogP contribution is -2.62. The number of hydrogen-bond acceptors (Lipinski definition) is 27. The number of nitrogens with two attached hydrogens (primary N) is 5. The average molecular weight is 1820 g/mol. The maximum Gasteiger partial charge on any atom is 0.248 e. The summed E-state index contributed by atoms with van der Waals surface area (Å²) in [7, 11) is 0. The number of aldehydes is 1. The van der Waals surface area contributed by atoms with Crippen LogP contribution in [0.15, 0.2) is 54.6 Å². The molecule has 28 N–H and O–H groups in total. The molecule has 3 fully saturated rings. The second-order valence-corrected chi connectivity index (χ2v) is 32.6. The molecular weight excluding hydrogens is 1690 g/mol. The molecule has 47 heteroatoms. The SMILES string of the molecule is C.CC[C@H](C)[C@H](NC(=O)[C@H](CC(C)C)NC(=O)[C@@H]1CCCN1C(=O)[C@@H]1CCCN1C(=O)[C@@H](NC(=O)C(CC(N)=O)NC(=O)[C@@H](NC(=O)CNC(=O)[C@H](CO)NC(=O)C(CC(N)=O)NC(=O)[C@@H](NC(=O)C(Cc1ccc(O)cc1)NN)[C@@H](C)O)C(C)C)[C@@H](C)O)C(=O)N1CCC[C@H]1C(=O)NCC(=O)N[C@@H](Cc1ccccc1)C(=O)N[C@@H](CC(N)=O)C(=O)N[C@H](C=O)CC(N)=O. The van der Waals surface area contributed by atoms with Crippen molar-refractivity contribution in [2.45, 2.75) is 256 Å². The van der Waals surface area contributed by atoms with Gasteiger partial charge in [0.25, 0.3) is 0 Å². The summed E-state index contributed by atoms with van der Waals surface area (Å²) in [6, 6.07) is -9.06. The molecule has 3 aliphatic rings. The largest absolute Gasteiger partial charge is 0.508 e. The Morgan fingerprint density at radius 3 is 1.36 bits per heavy atom. The summed E-state index contributed by atoms with van der Waals surface area (Å²) < 4.78 is 0. The molecule has 0 radical (unpaired) electrons. The number of aliphatic hydroxyl groups excluding tert-OH is 3. The number of amides is 20. The van der Waals surface area contributed by atoms with Crippen molar-refractivity contribution in [2.75, 3.05) is 39.3 Å². The van der Waals surface area contributed by atoms with Gasteiger partial charge in [0.2, 0.25) is 118 Å². The smallest absolute Gasteiger partial charge is 0.248 e. The molecule has 3 unspecified atom stereocenters. The third-order valence-corrected chi connectivity index (χ3v) is 21.5. The van der Waals surface area contributed by atoms with Gasteiger partial charge in [-0.15, -0.1) is 0 Å². The molecule has 3 saturated heterocycles. The standard InChI is InChI=1S/C81H122N22O25.CH4/c1-9-41(6)65(80(127)102-26-13-18-55(102)75(122)88-35-62(113)90-49(29-44-16-11-10-12-17-44)70(117)91-50(32-59(83)110)69(116)89-46(37-104)31-58(82)109)97-72(119)48(28-39(2)3)92-76(123)56-19-14-25-101(56)79(126)57-20-15-27-103(57)81(128)67(43(8)107)99-73(120)52(34-61(85)112)93-77(124)64(40(4)5)96-63(114)36-87-68(115)54(38-105)95-71(118)51(33-60(84)111)94-78(125)66(42(7)106)98-74(121)53(100-86)30-45-21-23-47(108)24-22-45;/h10-12,16-17,21-24,37,39-43,46,48-57,64-67,100,105-108H,9,13-15,18-20,25-36,38,86H2,1-8H3,(H2,82,109)(H2,83,110)(H2,84,111)(H2,85,112)(H,87,115)(H,88,122)(H,89,116)(H,90,113)(H,91,117)(H,92,123)(H,93,124)(H,94,125)(H,95,118)(H,96,114)(H,97,119)(H,98,121)(H,99,120);1H4/t41-,42+,43+,46-,48-,49-,50-,51?,52?,53?,54-,55-,56-,57-,64-,65-,66-,67-;/m0./s1. The molecule has 0 aromatic heterocycles. The van der Waals surface area contributed by atoms with Crippen LogP contribution < -0.4 is 103 Å². The van der Waals surface area contributed by atoms with Crippen LogP contribution in [-0.4, -0.2) is 302 Å². The summed E-state index contributed by atoms with van der Waals surface area (Å²) in [5.74, 6) is -16.2. The van der Waals surface area contributed by atoms with Gasteiger partial charge < -0.3 is 132 Å². The van der Waals surface area contributed by atoms with Crippen molar-refractivity contribution in [3.8, 4) is 5.75 Å². The summed E-state index contributed by atoms with van der Waals surface area (Å²) in [4.78, 5) is 287. The van der Waals surface area contributed by atoms with E-state index >= 15 is 0 Å². The highest BCUT2D eigenvalue weighted by atomic mass is 16.3. The first-order valence-electron chi connectivity index (χ1n) is 42.0. The quantitative estimate of drug-likeness (QED) is 0.0166. The van der Waals surface area contributed by atoms with Gasteiger partial charge in [-0.1, -0.05) is 97.9 Å². The summed E-state index contributed by atoms with van der Waals surface area (Å²) in [6.45, 7) is 9.23. The lowest BCUT2D eigenvalue weighted by atomic mass is 9.95. The lowest BCUT2D eigenvalue weighted by molar-refractivity contribution is -0.149. The van der Waals surface area contributed by atoms with Crippen molar-refractivity contribution in [1.29, 1.82) is 0 Å². The number of hydrogen-bond donors (Lipinski definition) is 23. The minimum Gasteiger partial charge on any atom is -0.508 e. The molecule has 3 aliphatic heterocycles. The fraction of sp³-hybridized carbons (Fsp3) is 0.598. The van der Waals surface area contributed by atoms with Gasteiger partial charge in [0, 0.05) is 26.1 Å². The van der Waals surface area contributed by atoms with E-state index in [1.54, 1.807) is 58.0 Å². The monoisotopic (exact) mass is 1820 g/mol.